The van der Waals surface area contributed by atoms with E-state index in [1.54, 1.807) is 19.9 Å². The Balaban J connectivity index is 2.63. The second-order valence-electron chi connectivity index (χ2n) is 3.86. The van der Waals surface area contributed by atoms with Gasteiger partial charge in [0.05, 0.1) is 6.10 Å². The van der Waals surface area contributed by atoms with Crippen LogP contribution >= 0.6 is 0 Å². The second kappa shape index (κ2) is 4.93. The molecule has 84 valence electrons. The van der Waals surface area contributed by atoms with Gasteiger partial charge in [-0.25, -0.2) is 9.97 Å². The van der Waals surface area contributed by atoms with E-state index >= 15 is 0 Å². The molecule has 0 bridgehead atoms. The third-order valence-corrected chi connectivity index (χ3v) is 1.95. The van der Waals surface area contributed by atoms with Crippen LogP contribution in [0.25, 0.3) is 0 Å². The number of nitrogens with two attached hydrogens (primary N) is 1. The zero-order valence-electron chi connectivity index (χ0n) is 9.36. The van der Waals surface area contributed by atoms with Crippen molar-refractivity contribution in [2.45, 2.75) is 39.3 Å². The molecule has 5 heteroatoms. The molecular weight excluding hydrogens is 192 g/mol. The molecule has 0 amide bonds. The fraction of sp³-hybridized carbons (Fsp3) is 0.600. The van der Waals surface area contributed by atoms with E-state index in [4.69, 9.17) is 5.73 Å². The molecule has 0 saturated carbocycles. The number of hydrogen-bond acceptors (Lipinski definition) is 5. The lowest BCUT2D eigenvalue weighted by molar-refractivity contribution is 0.179. The van der Waals surface area contributed by atoms with E-state index in [1.165, 1.54) is 0 Å². The van der Waals surface area contributed by atoms with Crippen LogP contribution in [0, 0.1) is 6.92 Å². The van der Waals surface area contributed by atoms with Crippen LogP contribution in [0.5, 0.6) is 0 Å². The summed E-state index contributed by atoms with van der Waals surface area (Å²) >= 11 is 0. The SMILES string of the molecule is Cc1nc(N)cc(NC(C)CC(C)O)n1. The van der Waals surface area contributed by atoms with Gasteiger partial charge in [-0.2, -0.15) is 0 Å². The van der Waals surface area contributed by atoms with E-state index in [0.717, 1.165) is 0 Å². The monoisotopic (exact) mass is 210 g/mol. The van der Waals surface area contributed by atoms with Gasteiger partial charge in [0.1, 0.15) is 17.5 Å². The van der Waals surface area contributed by atoms with Crippen LogP contribution in [0.2, 0.25) is 0 Å². The van der Waals surface area contributed by atoms with Crippen LogP contribution in [0.3, 0.4) is 0 Å². The maximum Gasteiger partial charge on any atom is 0.131 e. The molecule has 1 heterocycles. The molecule has 4 N–H and O–H groups in total. The maximum atomic E-state index is 9.21. The molecule has 0 aliphatic rings. The first kappa shape index (κ1) is 11.7. The van der Waals surface area contributed by atoms with Gasteiger partial charge in [-0.05, 0) is 27.2 Å². The molecule has 2 atom stereocenters. The fourth-order valence-corrected chi connectivity index (χ4v) is 1.49. The summed E-state index contributed by atoms with van der Waals surface area (Å²) < 4.78 is 0. The van der Waals surface area contributed by atoms with Crippen LogP contribution in [0.15, 0.2) is 6.07 Å². The predicted molar refractivity (Wildman–Crippen MR) is 60.6 cm³/mol. The summed E-state index contributed by atoms with van der Waals surface area (Å²) in [6.45, 7) is 5.54. The van der Waals surface area contributed by atoms with Crippen molar-refractivity contribution in [1.82, 2.24) is 9.97 Å². The molecule has 0 spiro atoms. The first-order chi connectivity index (χ1) is 6.97. The van der Waals surface area contributed by atoms with Gasteiger partial charge in [-0.3, -0.25) is 0 Å². The molecule has 2 unspecified atom stereocenters. The quantitative estimate of drug-likeness (QED) is 0.688. The predicted octanol–water partition coefficient (Wildman–Crippen LogP) is 0.939. The Morgan fingerprint density at radius 1 is 1.47 bits per heavy atom. The molecule has 0 aliphatic heterocycles. The highest BCUT2D eigenvalue weighted by atomic mass is 16.3. The third kappa shape index (κ3) is 4.12. The van der Waals surface area contributed by atoms with Crippen molar-refractivity contribution in [3.63, 3.8) is 0 Å². The van der Waals surface area contributed by atoms with E-state index in [-0.39, 0.29) is 12.1 Å². The van der Waals surface area contributed by atoms with E-state index in [9.17, 15) is 5.11 Å². The number of aliphatic hydroxyl groups is 1. The van der Waals surface area contributed by atoms with Crippen LogP contribution in [0.1, 0.15) is 26.1 Å². The van der Waals surface area contributed by atoms with Crippen molar-refractivity contribution in [1.29, 1.82) is 0 Å². The number of hydrogen-bond donors (Lipinski definition) is 3. The summed E-state index contributed by atoms with van der Waals surface area (Å²) in [5.74, 6) is 1.80. The largest absolute Gasteiger partial charge is 0.393 e. The zero-order chi connectivity index (χ0) is 11.4. The summed E-state index contributed by atoms with van der Waals surface area (Å²) in [6, 6.07) is 1.84. The van der Waals surface area contributed by atoms with Crippen molar-refractivity contribution in [2.24, 2.45) is 0 Å². The minimum atomic E-state index is -0.326. The summed E-state index contributed by atoms with van der Waals surface area (Å²) in [4.78, 5) is 8.18. The minimum absolute atomic E-state index is 0.152. The Hall–Kier alpha value is -1.36. The van der Waals surface area contributed by atoms with E-state index in [0.29, 0.717) is 23.9 Å². The molecule has 0 aliphatic carbocycles. The van der Waals surface area contributed by atoms with Crippen LogP contribution in [0.4, 0.5) is 11.6 Å². The van der Waals surface area contributed by atoms with Crippen molar-refractivity contribution in [2.75, 3.05) is 11.1 Å². The lowest BCUT2D eigenvalue weighted by atomic mass is 10.1. The lowest BCUT2D eigenvalue weighted by Crippen LogP contribution is -2.21. The van der Waals surface area contributed by atoms with Crippen molar-refractivity contribution >= 4 is 11.6 Å². The summed E-state index contributed by atoms with van der Waals surface area (Å²) in [6.07, 6.45) is 0.343. The normalized spacial score (nSPS) is 14.7. The van der Waals surface area contributed by atoms with Gasteiger partial charge in [-0.1, -0.05) is 0 Å². The van der Waals surface area contributed by atoms with E-state index in [2.05, 4.69) is 15.3 Å². The van der Waals surface area contributed by atoms with Crippen LogP contribution < -0.4 is 11.1 Å². The highest BCUT2D eigenvalue weighted by Crippen LogP contribution is 2.10. The van der Waals surface area contributed by atoms with Crippen LogP contribution in [-0.2, 0) is 0 Å². The highest BCUT2D eigenvalue weighted by molar-refractivity contribution is 5.44. The van der Waals surface area contributed by atoms with Crippen molar-refractivity contribution in [3.8, 4) is 0 Å². The molecule has 0 aromatic carbocycles. The lowest BCUT2D eigenvalue weighted by Gasteiger charge is -2.16. The number of nitrogen functional groups attached to an aromatic ring is 1. The van der Waals surface area contributed by atoms with Gasteiger partial charge in [-0.15, -0.1) is 0 Å². The molecule has 0 fully saturated rings. The minimum Gasteiger partial charge on any atom is -0.393 e. The van der Waals surface area contributed by atoms with Crippen LogP contribution in [-0.4, -0.2) is 27.2 Å². The first-order valence-corrected chi connectivity index (χ1v) is 5.03. The molecule has 0 saturated heterocycles. The average molecular weight is 210 g/mol. The Kier molecular flexibility index (Phi) is 3.85. The number of aliphatic hydroxyl groups excluding tert-OH is 1. The number of aryl methyl sites for hydroxylation is 1. The Labute approximate surface area is 89.7 Å². The van der Waals surface area contributed by atoms with Gasteiger partial charge in [0, 0.05) is 12.1 Å². The van der Waals surface area contributed by atoms with E-state index in [1.807, 2.05) is 6.92 Å². The smallest absolute Gasteiger partial charge is 0.131 e. The van der Waals surface area contributed by atoms with Crippen molar-refractivity contribution in [3.05, 3.63) is 11.9 Å². The number of anilines is 2. The topological polar surface area (TPSA) is 84.1 Å². The van der Waals surface area contributed by atoms with Gasteiger partial charge >= 0.3 is 0 Å². The molecule has 1 rings (SSSR count). The highest BCUT2D eigenvalue weighted by Gasteiger charge is 2.07. The number of aromatic nitrogens is 2. The summed E-state index contributed by atoms with van der Waals surface area (Å²) in [5, 5.41) is 12.4. The zero-order valence-corrected chi connectivity index (χ0v) is 9.36. The fourth-order valence-electron chi connectivity index (χ4n) is 1.49. The van der Waals surface area contributed by atoms with E-state index < -0.39 is 0 Å². The number of rotatable bonds is 4. The molecular formula is C10H18N4O. The number of nitrogens with zero attached hydrogens (tertiary/aromatic N) is 2. The molecule has 5 nitrogen and oxygen atoms in total. The molecule has 1 aromatic rings. The van der Waals surface area contributed by atoms with Gasteiger partial charge < -0.3 is 16.2 Å². The average Bonchev–Trinajstić information content (AvgIpc) is 1.98. The Bertz CT molecular complexity index is 307. The summed E-state index contributed by atoms with van der Waals surface area (Å²) in [5.41, 5.74) is 5.60. The number of nitrogens with one attached hydrogen (secondary N) is 1. The maximum absolute atomic E-state index is 9.21. The van der Waals surface area contributed by atoms with Gasteiger partial charge in [0.15, 0.2) is 0 Å². The first-order valence-electron chi connectivity index (χ1n) is 5.03. The Morgan fingerprint density at radius 2 is 2.13 bits per heavy atom. The van der Waals surface area contributed by atoms with Gasteiger partial charge in [0.25, 0.3) is 0 Å². The molecule has 1 aromatic heterocycles. The standard InChI is InChI=1S/C10H18N4O/c1-6(4-7(2)15)12-10-5-9(11)13-8(3)14-10/h5-7,15H,4H2,1-3H3,(H3,11,12,13,14). The summed E-state index contributed by atoms with van der Waals surface area (Å²) in [7, 11) is 0. The Morgan fingerprint density at radius 3 is 2.67 bits per heavy atom. The third-order valence-electron chi connectivity index (χ3n) is 1.95. The molecule has 0 radical (unpaired) electrons. The second-order valence-corrected chi connectivity index (χ2v) is 3.86. The molecule has 15 heavy (non-hydrogen) atoms. The van der Waals surface area contributed by atoms with Crippen molar-refractivity contribution < 1.29 is 5.11 Å². The van der Waals surface area contributed by atoms with Gasteiger partial charge in [0.2, 0.25) is 0 Å².